The zero-order valence-electron chi connectivity index (χ0n) is 10.8. The van der Waals surface area contributed by atoms with Gasteiger partial charge < -0.3 is 15.4 Å². The van der Waals surface area contributed by atoms with Crippen LogP contribution in [-0.2, 0) is 6.61 Å². The number of thioether (sulfide) groups is 1. The van der Waals surface area contributed by atoms with E-state index in [4.69, 9.17) is 5.73 Å². The number of anilines is 1. The maximum atomic E-state index is 9.44. The lowest BCUT2D eigenvalue weighted by Gasteiger charge is -2.16. The predicted molar refractivity (Wildman–Crippen MR) is 77.8 cm³/mol. The molecular formula is C13H19N3OS. The summed E-state index contributed by atoms with van der Waals surface area (Å²) < 4.78 is 2.11. The zero-order valence-corrected chi connectivity index (χ0v) is 11.6. The fourth-order valence-electron chi connectivity index (χ4n) is 2.13. The summed E-state index contributed by atoms with van der Waals surface area (Å²) in [5, 5.41) is 9.44. The molecule has 0 saturated heterocycles. The number of aliphatic hydroxyl groups is 1. The Morgan fingerprint density at radius 1 is 1.50 bits per heavy atom. The summed E-state index contributed by atoms with van der Waals surface area (Å²) in [6.45, 7) is 4.26. The van der Waals surface area contributed by atoms with Crippen LogP contribution in [0.3, 0.4) is 0 Å². The van der Waals surface area contributed by atoms with Crippen LogP contribution in [0.25, 0.3) is 11.0 Å². The molecular weight excluding hydrogens is 246 g/mol. The molecule has 0 amide bonds. The first-order valence-corrected chi connectivity index (χ1v) is 7.27. The van der Waals surface area contributed by atoms with Gasteiger partial charge in [-0.15, -0.1) is 0 Å². The minimum Gasteiger partial charge on any atom is -0.399 e. The number of nitrogens with two attached hydrogens (primary N) is 1. The van der Waals surface area contributed by atoms with Gasteiger partial charge in [-0.3, -0.25) is 0 Å². The van der Waals surface area contributed by atoms with E-state index >= 15 is 0 Å². The molecule has 3 N–H and O–H groups in total. The maximum absolute atomic E-state index is 9.44. The molecule has 1 atom stereocenters. The molecule has 1 aromatic carbocycles. The third-order valence-corrected chi connectivity index (χ3v) is 4.06. The van der Waals surface area contributed by atoms with Crippen LogP contribution in [0.15, 0.2) is 18.2 Å². The van der Waals surface area contributed by atoms with Gasteiger partial charge in [-0.05, 0) is 30.9 Å². The number of hydrogen-bond donors (Lipinski definition) is 2. The molecule has 4 nitrogen and oxygen atoms in total. The zero-order chi connectivity index (χ0) is 13.1. The molecule has 98 valence electrons. The summed E-state index contributed by atoms with van der Waals surface area (Å²) in [5.41, 5.74) is 8.36. The highest BCUT2D eigenvalue weighted by Gasteiger charge is 2.15. The van der Waals surface area contributed by atoms with Crippen LogP contribution in [0.4, 0.5) is 5.69 Å². The molecule has 2 rings (SSSR count). The minimum atomic E-state index is -0.0459. The van der Waals surface area contributed by atoms with Crippen molar-refractivity contribution in [2.75, 3.05) is 17.2 Å². The number of aromatic nitrogens is 2. The highest BCUT2D eigenvalue weighted by Crippen LogP contribution is 2.25. The second kappa shape index (κ2) is 5.63. The molecule has 0 saturated carbocycles. The number of imidazole rings is 1. The first-order valence-electron chi connectivity index (χ1n) is 6.12. The van der Waals surface area contributed by atoms with Crippen LogP contribution in [0.5, 0.6) is 0 Å². The summed E-state index contributed by atoms with van der Waals surface area (Å²) in [5.74, 6) is 2.82. The second-order valence-corrected chi connectivity index (χ2v) is 5.63. The van der Waals surface area contributed by atoms with Crippen LogP contribution < -0.4 is 5.73 Å². The molecule has 1 aromatic heterocycles. The van der Waals surface area contributed by atoms with Crippen molar-refractivity contribution in [2.24, 2.45) is 0 Å². The molecule has 18 heavy (non-hydrogen) atoms. The molecule has 5 heteroatoms. The Balaban J connectivity index is 2.46. The SMILES string of the molecule is CCSCC(C)n1c(CO)nc2cc(N)ccc21. The van der Waals surface area contributed by atoms with E-state index in [1.54, 1.807) is 0 Å². The molecule has 0 aliphatic heterocycles. The first-order chi connectivity index (χ1) is 8.67. The van der Waals surface area contributed by atoms with E-state index in [2.05, 4.69) is 23.4 Å². The number of rotatable bonds is 5. The Morgan fingerprint density at radius 3 is 2.94 bits per heavy atom. The normalized spacial score (nSPS) is 13.1. The number of fused-ring (bicyclic) bond motifs is 1. The number of hydrogen-bond acceptors (Lipinski definition) is 4. The van der Waals surface area contributed by atoms with Gasteiger partial charge in [0.15, 0.2) is 0 Å². The Labute approximate surface area is 111 Å². The van der Waals surface area contributed by atoms with E-state index in [1.165, 1.54) is 0 Å². The molecule has 2 aromatic rings. The van der Waals surface area contributed by atoms with E-state index in [0.29, 0.717) is 17.6 Å². The highest BCUT2D eigenvalue weighted by atomic mass is 32.2. The first kappa shape index (κ1) is 13.2. The Morgan fingerprint density at radius 2 is 2.28 bits per heavy atom. The van der Waals surface area contributed by atoms with E-state index in [9.17, 15) is 5.11 Å². The molecule has 0 spiro atoms. The van der Waals surface area contributed by atoms with Gasteiger partial charge in [0.05, 0.1) is 11.0 Å². The van der Waals surface area contributed by atoms with E-state index < -0.39 is 0 Å². The van der Waals surface area contributed by atoms with Crippen LogP contribution in [0.2, 0.25) is 0 Å². The Bertz CT molecular complexity index is 538. The second-order valence-electron chi connectivity index (χ2n) is 4.31. The van der Waals surface area contributed by atoms with Crippen molar-refractivity contribution >= 4 is 28.5 Å². The quantitative estimate of drug-likeness (QED) is 0.815. The van der Waals surface area contributed by atoms with Gasteiger partial charge in [0, 0.05) is 17.5 Å². The average Bonchev–Trinajstić information content (AvgIpc) is 2.73. The number of benzene rings is 1. The van der Waals surface area contributed by atoms with Crippen LogP contribution in [0.1, 0.15) is 25.7 Å². The average molecular weight is 265 g/mol. The van der Waals surface area contributed by atoms with Crippen LogP contribution in [-0.4, -0.2) is 26.2 Å². The van der Waals surface area contributed by atoms with Crippen LogP contribution >= 0.6 is 11.8 Å². The van der Waals surface area contributed by atoms with Crippen LogP contribution in [0, 0.1) is 0 Å². The standard InChI is InChI=1S/C13H19N3OS/c1-3-18-8-9(2)16-12-5-4-10(14)6-11(12)15-13(16)7-17/h4-6,9,17H,3,7-8,14H2,1-2H3. The fraction of sp³-hybridized carbons (Fsp3) is 0.462. The molecule has 0 aliphatic rings. The molecule has 0 fully saturated rings. The summed E-state index contributed by atoms with van der Waals surface area (Å²) in [4.78, 5) is 4.44. The predicted octanol–water partition coefficient (Wildman–Crippen LogP) is 2.42. The van der Waals surface area contributed by atoms with E-state index in [-0.39, 0.29) is 6.61 Å². The van der Waals surface area contributed by atoms with Crippen molar-refractivity contribution in [2.45, 2.75) is 26.5 Å². The van der Waals surface area contributed by atoms with Crippen molar-refractivity contribution in [3.8, 4) is 0 Å². The molecule has 0 radical (unpaired) electrons. The lowest BCUT2D eigenvalue weighted by Crippen LogP contribution is -2.11. The smallest absolute Gasteiger partial charge is 0.135 e. The Kier molecular flexibility index (Phi) is 4.14. The van der Waals surface area contributed by atoms with Crippen molar-refractivity contribution < 1.29 is 5.11 Å². The fourth-order valence-corrected chi connectivity index (χ4v) is 2.86. The van der Waals surface area contributed by atoms with Crippen molar-refractivity contribution in [3.05, 3.63) is 24.0 Å². The molecule has 0 bridgehead atoms. The summed E-state index contributed by atoms with van der Waals surface area (Å²) in [7, 11) is 0. The highest BCUT2D eigenvalue weighted by molar-refractivity contribution is 7.99. The lowest BCUT2D eigenvalue weighted by atomic mass is 10.2. The third-order valence-electron chi connectivity index (χ3n) is 2.93. The minimum absolute atomic E-state index is 0.0459. The summed E-state index contributed by atoms with van der Waals surface area (Å²) in [6.07, 6.45) is 0. The van der Waals surface area contributed by atoms with E-state index in [1.807, 2.05) is 30.0 Å². The molecule has 1 heterocycles. The third kappa shape index (κ3) is 2.47. The van der Waals surface area contributed by atoms with Crippen molar-refractivity contribution in [1.82, 2.24) is 9.55 Å². The largest absolute Gasteiger partial charge is 0.399 e. The summed E-state index contributed by atoms with van der Waals surface area (Å²) >= 11 is 1.89. The van der Waals surface area contributed by atoms with Gasteiger partial charge in [0.1, 0.15) is 12.4 Å². The van der Waals surface area contributed by atoms with E-state index in [0.717, 1.165) is 22.5 Å². The van der Waals surface area contributed by atoms with Gasteiger partial charge in [-0.2, -0.15) is 11.8 Å². The topological polar surface area (TPSA) is 64.1 Å². The van der Waals surface area contributed by atoms with Gasteiger partial charge >= 0.3 is 0 Å². The van der Waals surface area contributed by atoms with Gasteiger partial charge in [-0.1, -0.05) is 6.92 Å². The van der Waals surface area contributed by atoms with Gasteiger partial charge in [-0.25, -0.2) is 4.98 Å². The lowest BCUT2D eigenvalue weighted by molar-refractivity contribution is 0.263. The molecule has 1 unspecified atom stereocenters. The number of nitrogen functional groups attached to an aromatic ring is 1. The molecule has 0 aliphatic carbocycles. The Hall–Kier alpha value is -1.20. The number of nitrogens with zero attached hydrogens (tertiary/aromatic N) is 2. The summed E-state index contributed by atoms with van der Waals surface area (Å²) in [6, 6.07) is 6.02. The van der Waals surface area contributed by atoms with Gasteiger partial charge in [0.2, 0.25) is 0 Å². The van der Waals surface area contributed by atoms with Crippen molar-refractivity contribution in [1.29, 1.82) is 0 Å². The monoisotopic (exact) mass is 265 g/mol. The maximum Gasteiger partial charge on any atom is 0.135 e. The van der Waals surface area contributed by atoms with Crippen molar-refractivity contribution in [3.63, 3.8) is 0 Å². The van der Waals surface area contributed by atoms with Gasteiger partial charge in [0.25, 0.3) is 0 Å². The number of aliphatic hydroxyl groups excluding tert-OH is 1.